The highest BCUT2D eigenvalue weighted by molar-refractivity contribution is 6.01. The number of carboxylic acid groups (broad SMARTS) is 1. The van der Waals surface area contributed by atoms with Gasteiger partial charge in [0.2, 0.25) is 0 Å². The van der Waals surface area contributed by atoms with Gasteiger partial charge in [-0.05, 0) is 12.5 Å². The number of nitrogens with zero attached hydrogens (tertiary/aromatic N) is 2. The van der Waals surface area contributed by atoms with Crippen LogP contribution >= 0.6 is 0 Å². The van der Waals surface area contributed by atoms with Crippen molar-refractivity contribution in [2.45, 2.75) is 19.4 Å². The summed E-state index contributed by atoms with van der Waals surface area (Å²) < 4.78 is 1.13. The number of aliphatic carboxylic acids is 1. The molecule has 1 amide bonds. The van der Waals surface area contributed by atoms with Gasteiger partial charge in [0.1, 0.15) is 11.6 Å². The molecule has 0 spiro atoms. The molecule has 0 saturated carbocycles. The van der Waals surface area contributed by atoms with E-state index >= 15 is 0 Å². The number of carbonyl (C=O) groups excluding carboxylic acids is 1. The smallest absolute Gasteiger partial charge is 0.326 e. The number of hydrogen-bond acceptors (Lipinski definition) is 4. The van der Waals surface area contributed by atoms with Gasteiger partial charge < -0.3 is 10.4 Å². The zero-order chi connectivity index (χ0) is 18.0. The summed E-state index contributed by atoms with van der Waals surface area (Å²) in [4.78, 5) is 40.0. The molecule has 0 unspecified atom stereocenters. The van der Waals surface area contributed by atoms with Crippen LogP contribution in [0.2, 0.25) is 0 Å². The van der Waals surface area contributed by atoms with E-state index in [4.69, 9.17) is 0 Å². The molecule has 3 N–H and O–H groups in total. The summed E-state index contributed by atoms with van der Waals surface area (Å²) in [7, 11) is 0. The molecule has 0 aliphatic rings. The van der Waals surface area contributed by atoms with Crippen molar-refractivity contribution in [2.24, 2.45) is 0 Å². The number of fused-ring (bicyclic) bond motifs is 1. The maximum absolute atomic E-state index is 12.5. The molecule has 3 rings (SSSR count). The average molecular weight is 340 g/mol. The number of carbonyl (C=O) groups is 2. The molecule has 8 nitrogen and oxygen atoms in total. The van der Waals surface area contributed by atoms with E-state index in [1.165, 1.54) is 12.3 Å². The van der Waals surface area contributed by atoms with E-state index in [-0.39, 0.29) is 23.2 Å². The van der Waals surface area contributed by atoms with Gasteiger partial charge in [-0.25, -0.2) is 14.3 Å². The third-order valence-electron chi connectivity index (χ3n) is 3.76. The van der Waals surface area contributed by atoms with Crippen LogP contribution in [0.1, 0.15) is 21.6 Å². The van der Waals surface area contributed by atoms with Crippen LogP contribution in [0.4, 0.5) is 0 Å². The van der Waals surface area contributed by atoms with Crippen molar-refractivity contribution in [1.82, 2.24) is 19.9 Å². The highest BCUT2D eigenvalue weighted by Crippen LogP contribution is 2.09. The molecule has 2 aromatic heterocycles. The van der Waals surface area contributed by atoms with Gasteiger partial charge in [0.05, 0.1) is 0 Å². The Balaban J connectivity index is 1.87. The lowest BCUT2D eigenvalue weighted by Crippen LogP contribution is -2.42. The van der Waals surface area contributed by atoms with Gasteiger partial charge >= 0.3 is 5.97 Å². The summed E-state index contributed by atoms with van der Waals surface area (Å²) in [5, 5.41) is 14.5. The second-order valence-corrected chi connectivity index (χ2v) is 5.64. The van der Waals surface area contributed by atoms with E-state index in [1.54, 1.807) is 31.2 Å². The molecular weight excluding hydrogens is 324 g/mol. The summed E-state index contributed by atoms with van der Waals surface area (Å²) in [5.74, 6) is -1.75. The van der Waals surface area contributed by atoms with E-state index in [1.807, 2.05) is 6.07 Å². The number of amides is 1. The van der Waals surface area contributed by atoms with Gasteiger partial charge in [0.25, 0.3) is 11.5 Å². The molecule has 0 radical (unpaired) electrons. The Labute approximate surface area is 142 Å². The Bertz CT molecular complexity index is 991. The van der Waals surface area contributed by atoms with Crippen LogP contribution < -0.4 is 10.9 Å². The molecule has 0 saturated heterocycles. The number of rotatable bonds is 5. The van der Waals surface area contributed by atoms with Crippen molar-refractivity contribution in [2.75, 3.05) is 0 Å². The lowest BCUT2D eigenvalue weighted by atomic mass is 10.1. The average Bonchev–Trinajstić information content (AvgIpc) is 2.99. The summed E-state index contributed by atoms with van der Waals surface area (Å²) in [6.45, 7) is 1.64. The van der Waals surface area contributed by atoms with Crippen LogP contribution in [0, 0.1) is 6.92 Å². The minimum atomic E-state index is -1.14. The van der Waals surface area contributed by atoms with Crippen molar-refractivity contribution in [3.05, 3.63) is 69.8 Å². The number of carboxylic acids is 1. The number of nitrogens with one attached hydrogen (secondary N) is 2. The first-order chi connectivity index (χ1) is 12.0. The van der Waals surface area contributed by atoms with Gasteiger partial charge in [0, 0.05) is 24.4 Å². The molecular formula is C17H16N4O4. The topological polar surface area (TPSA) is 117 Å². The SMILES string of the molecule is Cc1cc(=O)n2[nH]cc(C(=O)N[C@@H](Cc3ccccc3)C(=O)O)c2n1. The standard InChI is InChI=1S/C17H16N4O4/c1-10-7-14(22)21-15(19-10)12(9-18-21)16(23)20-13(17(24)25)8-11-5-3-2-4-6-11/h2-7,9,13,18H,8H2,1H3,(H,20,23)(H,24,25)/t13-/m0/s1. The van der Waals surface area contributed by atoms with Crippen LogP contribution in [0.15, 0.2) is 47.4 Å². The number of hydrogen-bond donors (Lipinski definition) is 3. The van der Waals surface area contributed by atoms with Crippen molar-refractivity contribution in [3.8, 4) is 0 Å². The van der Waals surface area contributed by atoms with E-state index < -0.39 is 17.9 Å². The fourth-order valence-corrected chi connectivity index (χ4v) is 2.55. The molecule has 0 aliphatic heterocycles. The third-order valence-corrected chi connectivity index (χ3v) is 3.76. The molecule has 128 valence electrons. The van der Waals surface area contributed by atoms with Crippen LogP contribution in [0.5, 0.6) is 0 Å². The van der Waals surface area contributed by atoms with E-state index in [0.717, 1.165) is 10.1 Å². The Hall–Kier alpha value is -3.42. The molecule has 0 fully saturated rings. The quantitative estimate of drug-likeness (QED) is 0.634. The van der Waals surface area contributed by atoms with Gasteiger partial charge in [-0.2, -0.15) is 0 Å². The minimum Gasteiger partial charge on any atom is -0.480 e. The van der Waals surface area contributed by atoms with E-state index in [9.17, 15) is 19.5 Å². The number of benzene rings is 1. The van der Waals surface area contributed by atoms with Gasteiger partial charge in [-0.15, -0.1) is 0 Å². The molecule has 0 bridgehead atoms. The first kappa shape index (κ1) is 16.4. The van der Waals surface area contributed by atoms with Crippen LogP contribution in [0.25, 0.3) is 5.65 Å². The number of aromatic amines is 1. The zero-order valence-corrected chi connectivity index (χ0v) is 13.4. The first-order valence-corrected chi connectivity index (χ1v) is 7.61. The van der Waals surface area contributed by atoms with Crippen molar-refractivity contribution in [1.29, 1.82) is 0 Å². The summed E-state index contributed by atoms with van der Waals surface area (Å²) in [5.41, 5.74) is 1.18. The Morgan fingerprint density at radius 1 is 1.32 bits per heavy atom. The van der Waals surface area contributed by atoms with Crippen LogP contribution in [-0.4, -0.2) is 37.6 Å². The highest BCUT2D eigenvalue weighted by Gasteiger charge is 2.23. The summed E-state index contributed by atoms with van der Waals surface area (Å²) in [6, 6.07) is 9.25. The number of aryl methyl sites for hydroxylation is 1. The van der Waals surface area contributed by atoms with Crippen LogP contribution in [-0.2, 0) is 11.2 Å². The monoisotopic (exact) mass is 340 g/mol. The first-order valence-electron chi connectivity index (χ1n) is 7.61. The van der Waals surface area contributed by atoms with Gasteiger partial charge in [0.15, 0.2) is 5.65 Å². The number of H-pyrrole nitrogens is 1. The fraction of sp³-hybridized carbons (Fsp3) is 0.176. The third kappa shape index (κ3) is 3.42. The lowest BCUT2D eigenvalue weighted by Gasteiger charge is -2.14. The van der Waals surface area contributed by atoms with Gasteiger partial charge in [-0.3, -0.25) is 14.7 Å². The molecule has 25 heavy (non-hydrogen) atoms. The second-order valence-electron chi connectivity index (χ2n) is 5.64. The van der Waals surface area contributed by atoms with E-state index in [2.05, 4.69) is 15.4 Å². The Kier molecular flexibility index (Phi) is 4.34. The molecule has 3 aromatic rings. The van der Waals surface area contributed by atoms with Gasteiger partial charge in [-0.1, -0.05) is 30.3 Å². The zero-order valence-electron chi connectivity index (χ0n) is 13.4. The van der Waals surface area contributed by atoms with Crippen molar-refractivity contribution < 1.29 is 14.7 Å². The molecule has 0 aliphatic carbocycles. The Morgan fingerprint density at radius 2 is 2.04 bits per heavy atom. The lowest BCUT2D eigenvalue weighted by molar-refractivity contribution is -0.139. The van der Waals surface area contributed by atoms with Crippen LogP contribution in [0.3, 0.4) is 0 Å². The molecule has 1 aromatic carbocycles. The van der Waals surface area contributed by atoms with Crippen molar-refractivity contribution >= 4 is 17.5 Å². The predicted octanol–water partition coefficient (Wildman–Crippen LogP) is 0.757. The summed E-state index contributed by atoms with van der Waals surface area (Å²) >= 11 is 0. The van der Waals surface area contributed by atoms with E-state index in [0.29, 0.717) is 5.69 Å². The largest absolute Gasteiger partial charge is 0.480 e. The molecule has 2 heterocycles. The molecule has 1 atom stereocenters. The fourth-order valence-electron chi connectivity index (χ4n) is 2.55. The predicted molar refractivity (Wildman–Crippen MR) is 89.6 cm³/mol. The number of aromatic nitrogens is 3. The molecule has 8 heteroatoms. The second kappa shape index (κ2) is 6.60. The van der Waals surface area contributed by atoms with Crippen molar-refractivity contribution in [3.63, 3.8) is 0 Å². The Morgan fingerprint density at radius 3 is 2.72 bits per heavy atom. The maximum atomic E-state index is 12.5. The normalized spacial score (nSPS) is 12.0. The minimum absolute atomic E-state index is 0.111. The highest BCUT2D eigenvalue weighted by atomic mass is 16.4. The summed E-state index contributed by atoms with van der Waals surface area (Å²) in [6.07, 6.45) is 1.48. The maximum Gasteiger partial charge on any atom is 0.326 e.